The fraction of sp³-hybridized carbons (Fsp3) is 0.0870. The van der Waals surface area contributed by atoms with Crippen molar-refractivity contribution < 1.29 is 30.8 Å². The molecule has 0 aliphatic heterocycles. The van der Waals surface area contributed by atoms with Gasteiger partial charge in [0.1, 0.15) is 0 Å². The summed E-state index contributed by atoms with van der Waals surface area (Å²) in [6.45, 7) is 7.56. The number of benzene rings is 4. The molecule has 0 saturated heterocycles. The predicted molar refractivity (Wildman–Crippen MR) is 235 cm³/mol. The van der Waals surface area contributed by atoms with Gasteiger partial charge in [0.05, 0.1) is 0 Å². The van der Waals surface area contributed by atoms with Gasteiger partial charge in [0, 0.05) is 0 Å². The number of nitrogens with zero attached hydrogens (tertiary/aromatic N) is 4. The molecule has 0 saturated carbocycles. The molecule has 4 aromatic carbocycles. The van der Waals surface area contributed by atoms with Crippen molar-refractivity contribution >= 4 is 102 Å². The van der Waals surface area contributed by atoms with Crippen molar-refractivity contribution in [3.05, 3.63) is 166 Å². The number of hydrogen-bond acceptors (Lipinski definition) is 13. The van der Waals surface area contributed by atoms with Gasteiger partial charge in [-0.3, -0.25) is 0 Å². The van der Waals surface area contributed by atoms with E-state index in [4.69, 9.17) is 41.1 Å². The number of hydrogen-bond donors (Lipinski definition) is 0. The van der Waals surface area contributed by atoms with Crippen LogP contribution in [-0.2, 0) is 7.06 Å². The summed E-state index contributed by atoms with van der Waals surface area (Å²) in [5.74, 6) is 0.245. The van der Waals surface area contributed by atoms with E-state index in [2.05, 4.69) is 0 Å². The third-order valence-corrected chi connectivity index (χ3v) is 16.1. The second kappa shape index (κ2) is 17.3. The Morgan fingerprint density at radius 3 is 0.951 bits per heavy atom. The van der Waals surface area contributed by atoms with Crippen LogP contribution < -0.4 is 14.1 Å². The van der Waals surface area contributed by atoms with Crippen molar-refractivity contribution in [1.29, 1.82) is 0 Å². The molecule has 0 amide bonds. The van der Waals surface area contributed by atoms with Crippen LogP contribution in [0, 0.1) is 27.7 Å². The first-order valence-corrected chi connectivity index (χ1v) is 26.0. The Hall–Kier alpha value is -6.37. The van der Waals surface area contributed by atoms with E-state index in [1.807, 2.05) is 125 Å². The molecule has 0 fully saturated rings. The first-order valence-electron chi connectivity index (χ1n) is 19.3. The Morgan fingerprint density at radius 1 is 0.393 bits per heavy atom. The molecule has 15 heteroatoms. The summed E-state index contributed by atoms with van der Waals surface area (Å²) in [4.78, 5) is 47.0. The number of aryl methyl sites for hydroxylation is 4. The number of aromatic nitrogens is 4. The Labute approximate surface area is 366 Å². The van der Waals surface area contributed by atoms with Gasteiger partial charge in [-0.1, -0.05) is 0 Å². The Morgan fingerprint density at radius 2 is 0.672 bits per heavy atom. The number of para-hydroxylation sites is 4. The van der Waals surface area contributed by atoms with Crippen LogP contribution in [0.3, 0.4) is 0 Å². The molecule has 5 aromatic heterocycles. The summed E-state index contributed by atoms with van der Waals surface area (Å²) in [7, 11) is 0. The van der Waals surface area contributed by atoms with Crippen LogP contribution >= 0.6 is 11.3 Å². The fourth-order valence-corrected chi connectivity index (χ4v) is 13.0. The average molecular weight is 942 g/mol. The van der Waals surface area contributed by atoms with Crippen LogP contribution in [-0.4, -0.2) is 66.5 Å². The third kappa shape index (κ3) is 8.92. The van der Waals surface area contributed by atoms with Crippen molar-refractivity contribution in [2.75, 3.05) is 0 Å². The van der Waals surface area contributed by atoms with Crippen LogP contribution in [0.5, 0.6) is 23.0 Å². The molecule has 61 heavy (non-hydrogen) atoms. The quantitative estimate of drug-likeness (QED) is 0.108. The maximum absolute atomic E-state index is 14.0. The van der Waals surface area contributed by atoms with Crippen LogP contribution in [0.1, 0.15) is 42.1 Å². The number of fused-ring (bicyclic) bond motifs is 4. The summed E-state index contributed by atoms with van der Waals surface area (Å²) >= 11 is -7.19. The van der Waals surface area contributed by atoms with Crippen LogP contribution in [0.4, 0.5) is 0 Å². The van der Waals surface area contributed by atoms with Gasteiger partial charge in [0.2, 0.25) is 0 Å². The maximum atomic E-state index is 14.0. The predicted octanol–water partition coefficient (Wildman–Crippen LogP) is 9.77. The fourth-order valence-electron chi connectivity index (χ4n) is 6.66. The molecule has 298 valence electrons. The van der Waals surface area contributed by atoms with E-state index in [-0.39, 0.29) is 9.75 Å². The first kappa shape index (κ1) is 40.1. The van der Waals surface area contributed by atoms with Gasteiger partial charge in [-0.15, -0.1) is 0 Å². The Balaban J connectivity index is 0.996. The Bertz CT molecular complexity index is 2770. The molecule has 9 rings (SSSR count). The standard InChI is InChI=1S/4C10H9NO.C6H4O4S.2Ga/c4*1-7-5-6-8-3-2-4-9(12)10(8)11-7;7-5(8)3-1-2-4(11-3)6(9)10;;/h4*2-6,12H,1H3;1-2H,(H,7,8)(H,9,10);;/q;;;;;2*+3/p-6. The zero-order valence-corrected chi connectivity index (χ0v) is 39.0. The molecule has 0 N–H and O–H groups in total. The monoisotopic (exact) mass is 940 g/mol. The number of carbonyl (C=O) groups excluding carboxylic acids is 2. The molecule has 0 atom stereocenters. The zero-order chi connectivity index (χ0) is 42.0. The van der Waals surface area contributed by atoms with Gasteiger partial charge in [-0.2, -0.15) is 0 Å². The van der Waals surface area contributed by atoms with Crippen molar-refractivity contribution in [3.8, 4) is 23.0 Å². The van der Waals surface area contributed by atoms with Gasteiger partial charge < -0.3 is 0 Å². The molecule has 0 spiro atoms. The SMILES string of the molecule is Cc1ccc2cccc([O][Ga]([O]C(=O)c3ccc(C(=O)[O][Ga]([O]c4cccc5ccc(C)nc45)[O]c4cccc5ccc(C)nc45)s3)[O]c3cccc4ccc(C)nc34)c2n1. The second-order valence-corrected chi connectivity index (χ2v) is 20.6. The van der Waals surface area contributed by atoms with Gasteiger partial charge in [-0.05, 0) is 0 Å². The molecule has 0 bridgehead atoms. The van der Waals surface area contributed by atoms with Crippen LogP contribution in [0.15, 0.2) is 133 Å². The van der Waals surface area contributed by atoms with E-state index in [1.165, 1.54) is 12.1 Å². The molecule has 0 aliphatic rings. The topological polar surface area (TPSA) is 141 Å². The van der Waals surface area contributed by atoms with Gasteiger partial charge in [0.25, 0.3) is 0 Å². The molecular weight excluding hydrogens is 908 g/mol. The molecule has 9 aromatic rings. The van der Waals surface area contributed by atoms with E-state index in [9.17, 15) is 9.59 Å². The molecule has 0 radical (unpaired) electrons. The van der Waals surface area contributed by atoms with Gasteiger partial charge in [-0.25, -0.2) is 0 Å². The van der Waals surface area contributed by atoms with Crippen molar-refractivity contribution in [2.24, 2.45) is 0 Å². The molecule has 0 aliphatic carbocycles. The number of rotatable bonds is 12. The summed E-state index contributed by atoms with van der Waals surface area (Å²) in [6.07, 6.45) is 0. The average Bonchev–Trinajstić information content (AvgIpc) is 3.76. The Kier molecular flexibility index (Phi) is 11.4. The van der Waals surface area contributed by atoms with Crippen molar-refractivity contribution in [2.45, 2.75) is 27.7 Å². The van der Waals surface area contributed by atoms with Gasteiger partial charge in [0.15, 0.2) is 0 Å². The molecule has 12 nitrogen and oxygen atoms in total. The van der Waals surface area contributed by atoms with E-state index >= 15 is 0 Å². The summed E-state index contributed by atoms with van der Waals surface area (Å²) < 4.78 is 38.0. The normalized spacial score (nSPS) is 11.1. The molecule has 0 unspecified atom stereocenters. The number of thiophene rings is 1. The van der Waals surface area contributed by atoms with Gasteiger partial charge >= 0.3 is 369 Å². The van der Waals surface area contributed by atoms with E-state index in [0.717, 1.165) is 55.7 Å². The second-order valence-electron chi connectivity index (χ2n) is 14.1. The van der Waals surface area contributed by atoms with Crippen molar-refractivity contribution in [1.82, 2.24) is 19.9 Å². The number of pyridine rings is 4. The summed E-state index contributed by atoms with van der Waals surface area (Å²) in [6, 6.07) is 40.6. The van der Waals surface area contributed by atoms with Crippen LogP contribution in [0.2, 0.25) is 0 Å². The van der Waals surface area contributed by atoms with Crippen molar-refractivity contribution in [3.63, 3.8) is 0 Å². The molecule has 5 heterocycles. The first-order chi connectivity index (χ1) is 29.6. The zero-order valence-electron chi connectivity index (χ0n) is 33.3. The third-order valence-electron chi connectivity index (χ3n) is 9.60. The van der Waals surface area contributed by atoms with E-state index < -0.39 is 46.6 Å². The minimum absolute atomic E-state index is 0.141. The van der Waals surface area contributed by atoms with Crippen LogP contribution in [0.25, 0.3) is 43.6 Å². The molecular formula is C46H34Ga2N4O8S. The van der Waals surface area contributed by atoms with E-state index in [0.29, 0.717) is 45.1 Å². The number of carbonyl (C=O) groups is 2. The summed E-state index contributed by atoms with van der Waals surface area (Å²) in [5.41, 5.74) is 5.63. The summed E-state index contributed by atoms with van der Waals surface area (Å²) in [5, 5.41) is 3.42. The van der Waals surface area contributed by atoms with E-state index in [1.54, 1.807) is 24.3 Å². The minimum atomic E-state index is -4.05.